The van der Waals surface area contributed by atoms with Crippen molar-refractivity contribution in [1.29, 1.82) is 0 Å². The van der Waals surface area contributed by atoms with Crippen molar-refractivity contribution >= 4 is 10.4 Å². The SMILES string of the molecule is CC(C)CCC[C@@H](C)[C@H]1CC[C@H]2[C@@H]3C[C@H](O)[C@H]4C[C@@H](OS(=O)(=O)O[C@H]5CC[C@@]6(C)[C@H](C5)[C@@H](O)C[C@@H]5[C@@H]6CC[C@]6(C)[C@@H]([C@H](C)CCCC(C)C)CC[C@@H]56)CC[C@]4(C)[C@H]3CC[C@]12C. The highest BCUT2D eigenvalue weighted by atomic mass is 32.3. The largest absolute Gasteiger partial charge is 0.400 e. The topological polar surface area (TPSA) is 93.1 Å². The van der Waals surface area contributed by atoms with Crippen LogP contribution in [0.25, 0.3) is 0 Å². The summed E-state index contributed by atoms with van der Waals surface area (Å²) in [6, 6.07) is 0. The predicted molar refractivity (Wildman–Crippen MR) is 248 cm³/mol. The Balaban J connectivity index is 0.855. The van der Waals surface area contributed by atoms with E-state index in [1.807, 2.05) is 0 Å². The number of hydrogen-bond donors (Lipinski definition) is 2. The van der Waals surface area contributed by atoms with Gasteiger partial charge in [-0.3, -0.25) is 0 Å². The first kappa shape index (κ1) is 47.3. The average molecular weight is 871 g/mol. The van der Waals surface area contributed by atoms with E-state index in [2.05, 4.69) is 69.2 Å². The molecule has 0 aromatic rings. The van der Waals surface area contributed by atoms with E-state index in [9.17, 15) is 18.6 Å². The minimum Gasteiger partial charge on any atom is -0.393 e. The van der Waals surface area contributed by atoms with Crippen LogP contribution >= 0.6 is 0 Å². The lowest BCUT2D eigenvalue weighted by Crippen LogP contribution is -2.59. The van der Waals surface area contributed by atoms with Gasteiger partial charge in [0.05, 0.1) is 24.4 Å². The molecule has 8 aliphatic carbocycles. The summed E-state index contributed by atoms with van der Waals surface area (Å²) >= 11 is 0. The Kier molecular flexibility index (Phi) is 13.8. The van der Waals surface area contributed by atoms with Gasteiger partial charge in [-0.15, -0.1) is 0 Å². The molecule has 0 aromatic heterocycles. The van der Waals surface area contributed by atoms with Gasteiger partial charge in [0, 0.05) is 0 Å². The summed E-state index contributed by atoms with van der Waals surface area (Å²) in [5.41, 5.74) is 0.780. The molecule has 0 aromatic carbocycles. The summed E-state index contributed by atoms with van der Waals surface area (Å²) in [5, 5.41) is 23.9. The third-order valence-electron chi connectivity index (χ3n) is 22.2. The van der Waals surface area contributed by atoms with Crippen molar-refractivity contribution in [3.8, 4) is 0 Å². The van der Waals surface area contributed by atoms with E-state index < -0.39 is 34.8 Å². The van der Waals surface area contributed by atoms with Crippen LogP contribution < -0.4 is 0 Å². The Labute approximate surface area is 375 Å². The van der Waals surface area contributed by atoms with Gasteiger partial charge in [0.2, 0.25) is 0 Å². The Bertz CT molecular complexity index is 1500. The molecule has 0 radical (unpaired) electrons. The highest BCUT2D eigenvalue weighted by molar-refractivity contribution is 7.81. The zero-order valence-corrected chi connectivity index (χ0v) is 41.7. The van der Waals surface area contributed by atoms with Crippen molar-refractivity contribution in [3.05, 3.63) is 0 Å². The fraction of sp³-hybridized carbons (Fsp3) is 1.00. The number of rotatable bonds is 14. The predicted octanol–water partition coefficient (Wildman–Crippen LogP) is 13.2. The van der Waals surface area contributed by atoms with Crippen LogP contribution in [-0.4, -0.2) is 43.0 Å². The molecular formula is C54H94O6S. The minimum absolute atomic E-state index is 0.0135. The van der Waals surface area contributed by atoms with Crippen LogP contribution in [0, 0.1) is 105 Å². The van der Waals surface area contributed by atoms with Crippen molar-refractivity contribution in [2.45, 2.75) is 235 Å². The molecule has 6 nitrogen and oxygen atoms in total. The van der Waals surface area contributed by atoms with Gasteiger partial charge in [-0.1, -0.05) is 108 Å². The normalized spacial score (nSPS) is 49.3. The Morgan fingerprint density at radius 3 is 1.21 bits per heavy atom. The van der Waals surface area contributed by atoms with E-state index in [-0.39, 0.29) is 22.7 Å². The third kappa shape index (κ3) is 8.67. The van der Waals surface area contributed by atoms with Gasteiger partial charge in [0.25, 0.3) is 0 Å². The molecule has 0 aliphatic heterocycles. The monoisotopic (exact) mass is 871 g/mol. The van der Waals surface area contributed by atoms with Crippen LogP contribution in [0.3, 0.4) is 0 Å². The maximum Gasteiger partial charge on any atom is 0.400 e. The van der Waals surface area contributed by atoms with Crippen molar-refractivity contribution in [1.82, 2.24) is 0 Å². The second-order valence-electron chi connectivity index (χ2n) is 26.0. The number of fused-ring (bicyclic) bond motifs is 10. The van der Waals surface area contributed by atoms with E-state index in [1.165, 1.54) is 89.9 Å². The Morgan fingerprint density at radius 1 is 0.475 bits per heavy atom. The van der Waals surface area contributed by atoms with Gasteiger partial charge < -0.3 is 10.2 Å². The summed E-state index contributed by atoms with van der Waals surface area (Å²) in [4.78, 5) is 0. The van der Waals surface area contributed by atoms with Gasteiger partial charge in [-0.2, -0.15) is 8.42 Å². The van der Waals surface area contributed by atoms with Crippen LogP contribution in [0.4, 0.5) is 0 Å². The Morgan fingerprint density at radius 2 is 0.836 bits per heavy atom. The standard InChI is InChI=1S/C54H94O6S/c1-33(2)13-11-15-35(5)41-17-19-43-39-31-49(55)47-29-37(21-25-53(47,9)45(39)23-27-51(41,43)7)59-61(57,58)60-38-22-26-54(10)46-24-28-52(8)42(36(6)16-12-14-34(3)4)18-20-44(52)40(46)32-50(56)48(54)30-38/h33-50,55-56H,11-32H2,1-10H3/t35-,36-,37+,38+,39+,40+,41-,42-,43+,44+,45+,46+,47-,48-,49+,50+,51-,52-,53-,54-/m1/s1. The molecule has 8 saturated carbocycles. The first-order valence-corrected chi connectivity index (χ1v) is 28.0. The molecule has 0 heterocycles. The lowest BCUT2D eigenvalue weighted by atomic mass is 9.43. The summed E-state index contributed by atoms with van der Waals surface area (Å²) < 4.78 is 39.6. The van der Waals surface area contributed by atoms with Crippen LogP contribution in [0.1, 0.15) is 210 Å². The molecule has 20 atom stereocenters. The molecule has 2 N–H and O–H groups in total. The molecular weight excluding hydrogens is 777 g/mol. The smallest absolute Gasteiger partial charge is 0.393 e. The molecule has 0 bridgehead atoms. The van der Waals surface area contributed by atoms with Crippen molar-refractivity contribution in [3.63, 3.8) is 0 Å². The molecule has 0 spiro atoms. The van der Waals surface area contributed by atoms with Crippen molar-refractivity contribution < 1.29 is 27.0 Å². The van der Waals surface area contributed by atoms with E-state index in [0.717, 1.165) is 61.2 Å². The quantitative estimate of drug-likeness (QED) is 0.181. The molecule has 0 saturated heterocycles. The van der Waals surface area contributed by atoms with Crippen LogP contribution in [0.5, 0.6) is 0 Å². The molecule has 0 unspecified atom stereocenters. The average Bonchev–Trinajstić information content (AvgIpc) is 3.72. The summed E-state index contributed by atoms with van der Waals surface area (Å²) in [5.74, 6) is 8.49. The second kappa shape index (κ2) is 17.8. The minimum atomic E-state index is -4.23. The second-order valence-corrected chi connectivity index (χ2v) is 27.2. The summed E-state index contributed by atoms with van der Waals surface area (Å²) in [7, 11) is -4.23. The van der Waals surface area contributed by atoms with Gasteiger partial charge in [-0.25, -0.2) is 8.37 Å². The molecule has 352 valence electrons. The fourth-order valence-electron chi connectivity index (χ4n) is 19.1. The van der Waals surface area contributed by atoms with Crippen LogP contribution in [0.2, 0.25) is 0 Å². The molecule has 7 heteroatoms. The molecule has 8 fully saturated rings. The van der Waals surface area contributed by atoms with Gasteiger partial charge in [-0.05, 0) is 207 Å². The van der Waals surface area contributed by atoms with E-state index in [1.54, 1.807) is 0 Å². The van der Waals surface area contributed by atoms with Crippen molar-refractivity contribution in [2.24, 2.45) is 105 Å². The van der Waals surface area contributed by atoms with E-state index in [0.29, 0.717) is 72.0 Å². The molecule has 0 amide bonds. The van der Waals surface area contributed by atoms with Gasteiger partial charge >= 0.3 is 10.4 Å². The van der Waals surface area contributed by atoms with E-state index >= 15 is 0 Å². The van der Waals surface area contributed by atoms with E-state index in [4.69, 9.17) is 8.37 Å². The number of aliphatic hydroxyl groups excluding tert-OH is 2. The lowest BCUT2D eigenvalue weighted by Gasteiger charge is -2.62. The Hall–Kier alpha value is -0.210. The molecule has 8 rings (SSSR count). The maximum absolute atomic E-state index is 13.8. The van der Waals surface area contributed by atoms with Crippen LogP contribution in [-0.2, 0) is 18.8 Å². The van der Waals surface area contributed by atoms with Crippen molar-refractivity contribution in [2.75, 3.05) is 0 Å². The van der Waals surface area contributed by atoms with Gasteiger partial charge in [0.1, 0.15) is 0 Å². The van der Waals surface area contributed by atoms with Crippen LogP contribution in [0.15, 0.2) is 0 Å². The summed E-state index contributed by atoms with van der Waals surface area (Å²) in [6.07, 6.45) is 22.8. The fourth-order valence-corrected chi connectivity index (χ4v) is 20.2. The molecule has 61 heavy (non-hydrogen) atoms. The molecule has 8 aliphatic rings. The lowest BCUT2D eigenvalue weighted by molar-refractivity contribution is -0.173. The highest BCUT2D eigenvalue weighted by Crippen LogP contribution is 2.70. The number of aliphatic hydroxyl groups is 2. The zero-order chi connectivity index (χ0) is 43.9. The third-order valence-corrected chi connectivity index (χ3v) is 23.2. The number of hydrogen-bond acceptors (Lipinski definition) is 6. The van der Waals surface area contributed by atoms with Gasteiger partial charge in [0.15, 0.2) is 0 Å². The first-order valence-electron chi connectivity index (χ1n) is 26.7. The first-order chi connectivity index (χ1) is 28.7. The summed E-state index contributed by atoms with van der Waals surface area (Å²) in [6.45, 7) is 24.6. The highest BCUT2D eigenvalue weighted by Gasteiger charge is 2.64. The maximum atomic E-state index is 13.8. The zero-order valence-electron chi connectivity index (χ0n) is 40.9.